The maximum atomic E-state index is 14.8. The summed E-state index contributed by atoms with van der Waals surface area (Å²) >= 11 is 0. The quantitative estimate of drug-likeness (QED) is 0.281. The predicted octanol–water partition coefficient (Wildman–Crippen LogP) is 7.50. The Morgan fingerprint density at radius 2 is 1.57 bits per heavy atom. The molecule has 286 valence electrons. The third-order valence-corrected chi connectivity index (χ3v) is 14.1. The maximum Gasteiger partial charge on any atom is 0.434 e. The third kappa shape index (κ3) is 5.96. The molecular formula is C39H46F5N5O4. The van der Waals surface area contributed by atoms with Gasteiger partial charge in [-0.05, 0) is 118 Å². The minimum absolute atomic E-state index is 0.0543. The number of hydrogen-bond donors (Lipinski definition) is 2. The van der Waals surface area contributed by atoms with Crippen LogP contribution in [-0.2, 0) is 16.4 Å². The van der Waals surface area contributed by atoms with E-state index in [0.29, 0.717) is 55.5 Å². The number of aromatic nitrogens is 2. The molecule has 2 aliphatic heterocycles. The average Bonchev–Trinajstić information content (AvgIpc) is 3.40. The molecular weight excluding hydrogens is 697 g/mol. The predicted molar refractivity (Wildman–Crippen MR) is 183 cm³/mol. The second-order valence-electron chi connectivity index (χ2n) is 17.3. The molecule has 1 amide bonds. The van der Waals surface area contributed by atoms with E-state index in [1.807, 2.05) is 23.1 Å². The van der Waals surface area contributed by atoms with Crippen molar-refractivity contribution in [3.63, 3.8) is 0 Å². The third-order valence-electron chi connectivity index (χ3n) is 14.1. The van der Waals surface area contributed by atoms with Crippen molar-refractivity contribution in [1.82, 2.24) is 20.2 Å². The Hall–Kier alpha value is -3.55. The number of carbonyl (C=O) groups excluding carboxylic acids is 1. The molecule has 0 unspecified atom stereocenters. The lowest BCUT2D eigenvalue weighted by Crippen LogP contribution is -2.70. The van der Waals surface area contributed by atoms with Gasteiger partial charge in [-0.3, -0.25) is 9.69 Å². The summed E-state index contributed by atoms with van der Waals surface area (Å²) in [6.07, 6.45) is 7.28. The van der Waals surface area contributed by atoms with Crippen LogP contribution in [-0.4, -0.2) is 75.1 Å². The lowest BCUT2D eigenvalue weighted by atomic mass is 9.48. The molecule has 1 saturated heterocycles. The highest BCUT2D eigenvalue weighted by Crippen LogP contribution is 2.59. The fourth-order valence-electron chi connectivity index (χ4n) is 11.8. The molecule has 6 saturated carbocycles. The number of aliphatic carboxylic acids is 1. The molecule has 1 aromatic heterocycles. The van der Waals surface area contributed by atoms with E-state index in [1.165, 1.54) is 0 Å². The average molecular weight is 744 g/mol. The number of nitrogens with zero attached hydrogens (tertiary/aromatic N) is 4. The van der Waals surface area contributed by atoms with Crippen LogP contribution in [0, 0.1) is 23.7 Å². The van der Waals surface area contributed by atoms with Crippen molar-refractivity contribution in [3.8, 4) is 5.75 Å². The first-order valence-electron chi connectivity index (χ1n) is 19.4. The van der Waals surface area contributed by atoms with E-state index in [4.69, 9.17) is 4.74 Å². The Bertz CT molecular complexity index is 1750. The second kappa shape index (κ2) is 12.5. The molecule has 53 heavy (non-hydrogen) atoms. The van der Waals surface area contributed by atoms with Gasteiger partial charge in [0.05, 0.1) is 24.8 Å². The van der Waals surface area contributed by atoms with Crippen molar-refractivity contribution in [2.75, 3.05) is 24.5 Å². The SMILES string of the molecule is O=C(NC1(C(=O)O)C2CC3CC(C2)CC1C3)c1cnc(N2CC3(CCCCC3)c3cc(O[C@H]4CC[C@@H](N5CC(F)(F)C5)CC4)ccc32)nc1C(F)(F)F. The Labute approximate surface area is 305 Å². The van der Waals surface area contributed by atoms with Gasteiger partial charge in [-0.25, -0.2) is 23.5 Å². The molecule has 6 aliphatic carbocycles. The van der Waals surface area contributed by atoms with Crippen molar-refractivity contribution < 1.29 is 41.4 Å². The van der Waals surface area contributed by atoms with E-state index >= 15 is 0 Å². The molecule has 9 nitrogen and oxygen atoms in total. The number of alkyl halides is 5. The summed E-state index contributed by atoms with van der Waals surface area (Å²) in [5.41, 5.74) is -2.42. The second-order valence-corrected chi connectivity index (χ2v) is 17.3. The van der Waals surface area contributed by atoms with E-state index in [1.54, 1.807) is 4.90 Å². The number of ether oxygens (including phenoxy) is 1. The number of halogens is 5. The summed E-state index contributed by atoms with van der Waals surface area (Å²) in [7, 11) is 0. The van der Waals surface area contributed by atoms with Crippen LogP contribution in [0.3, 0.4) is 0 Å². The number of anilines is 2. The molecule has 2 N–H and O–H groups in total. The molecule has 3 heterocycles. The van der Waals surface area contributed by atoms with Crippen LogP contribution in [0.2, 0.25) is 0 Å². The number of nitrogens with one attached hydrogen (secondary N) is 1. The van der Waals surface area contributed by atoms with E-state index in [9.17, 15) is 36.6 Å². The highest BCUT2D eigenvalue weighted by Gasteiger charge is 2.62. The van der Waals surface area contributed by atoms with E-state index in [-0.39, 0.29) is 48.4 Å². The minimum Gasteiger partial charge on any atom is -0.490 e. The lowest BCUT2D eigenvalue weighted by molar-refractivity contribution is -0.163. The van der Waals surface area contributed by atoms with Crippen LogP contribution >= 0.6 is 0 Å². The van der Waals surface area contributed by atoms with Crippen molar-refractivity contribution in [3.05, 3.63) is 41.2 Å². The fourth-order valence-corrected chi connectivity index (χ4v) is 11.8. The molecule has 7 fully saturated rings. The summed E-state index contributed by atoms with van der Waals surface area (Å²) in [4.78, 5) is 38.6. The zero-order valence-corrected chi connectivity index (χ0v) is 29.6. The first-order chi connectivity index (χ1) is 25.2. The van der Waals surface area contributed by atoms with Crippen LogP contribution in [0.1, 0.15) is 112 Å². The van der Waals surface area contributed by atoms with Gasteiger partial charge in [0.25, 0.3) is 11.8 Å². The van der Waals surface area contributed by atoms with Crippen LogP contribution < -0.4 is 15.0 Å². The molecule has 8 aliphatic rings. The van der Waals surface area contributed by atoms with Gasteiger partial charge >= 0.3 is 12.1 Å². The number of carbonyl (C=O) groups is 2. The number of carboxylic acid groups (broad SMARTS) is 1. The number of amides is 1. The molecule has 0 radical (unpaired) electrons. The summed E-state index contributed by atoms with van der Waals surface area (Å²) in [6.45, 7) is 0.0291. The van der Waals surface area contributed by atoms with E-state index < -0.39 is 40.8 Å². The Morgan fingerprint density at radius 3 is 2.17 bits per heavy atom. The number of fused-ring (bicyclic) bond motifs is 2. The van der Waals surface area contributed by atoms with Gasteiger partial charge in [0.15, 0.2) is 5.69 Å². The molecule has 1 spiro atoms. The first kappa shape index (κ1) is 35.2. The number of benzene rings is 1. The zero-order valence-electron chi connectivity index (χ0n) is 29.6. The van der Waals surface area contributed by atoms with Gasteiger partial charge in [-0.15, -0.1) is 0 Å². The number of hydrogen-bond acceptors (Lipinski definition) is 7. The number of carboxylic acids is 1. The molecule has 14 heteroatoms. The number of rotatable bonds is 7. The highest BCUT2D eigenvalue weighted by molar-refractivity contribution is 5.99. The molecule has 4 bridgehead atoms. The van der Waals surface area contributed by atoms with Crippen molar-refractivity contribution in [1.29, 1.82) is 0 Å². The van der Waals surface area contributed by atoms with Crippen molar-refractivity contribution in [2.24, 2.45) is 23.7 Å². The minimum atomic E-state index is -5.00. The summed E-state index contributed by atoms with van der Waals surface area (Å²) in [6, 6.07) is 5.81. The van der Waals surface area contributed by atoms with Crippen molar-refractivity contribution >= 4 is 23.5 Å². The molecule has 0 atom stereocenters. The Kier molecular flexibility index (Phi) is 8.29. The summed E-state index contributed by atoms with van der Waals surface area (Å²) < 4.78 is 77.7. The Morgan fingerprint density at radius 1 is 0.906 bits per heavy atom. The fraction of sp³-hybridized carbons (Fsp3) is 0.692. The Balaban J connectivity index is 0.976. The molecule has 10 rings (SSSR count). The monoisotopic (exact) mass is 743 g/mol. The van der Waals surface area contributed by atoms with Crippen LogP contribution in [0.15, 0.2) is 24.4 Å². The molecule has 2 aromatic rings. The van der Waals surface area contributed by atoms with Crippen molar-refractivity contribution in [2.45, 2.75) is 125 Å². The van der Waals surface area contributed by atoms with Gasteiger partial charge in [-0.2, -0.15) is 13.2 Å². The maximum absolute atomic E-state index is 14.8. The van der Waals surface area contributed by atoms with Crippen LogP contribution in [0.4, 0.5) is 33.6 Å². The lowest BCUT2D eigenvalue weighted by Gasteiger charge is -2.59. The standard InChI is InChI=1S/C39H46F5N5O4/c40-37(41)20-48(21-37)26-4-6-27(7-5-26)53-28-8-9-31-30(17-28)36(10-2-1-3-11-36)19-49(31)35-45-18-29(32(46-35)39(42,43)44)33(50)47-38(34(51)52)24-13-22-12-23(15-24)16-25(38)14-22/h8-9,17-18,22-27H,1-7,10-16,19-21H2,(H,47,50)(H,51,52)/t22?,23?,24?,25?,26-,27+,38?. The van der Waals surface area contributed by atoms with Gasteiger partial charge < -0.3 is 20.1 Å². The number of likely N-dealkylation sites (tertiary alicyclic amines) is 1. The summed E-state index contributed by atoms with van der Waals surface area (Å²) in [5.74, 6) is -4.24. The molecule has 1 aromatic carbocycles. The van der Waals surface area contributed by atoms with Crippen LogP contribution in [0.25, 0.3) is 0 Å². The van der Waals surface area contributed by atoms with Gasteiger partial charge in [0.1, 0.15) is 11.3 Å². The highest BCUT2D eigenvalue weighted by atomic mass is 19.4. The zero-order chi connectivity index (χ0) is 36.9. The largest absolute Gasteiger partial charge is 0.490 e. The van der Waals surface area contributed by atoms with Gasteiger partial charge in [-0.1, -0.05) is 19.3 Å². The smallest absolute Gasteiger partial charge is 0.434 e. The topological polar surface area (TPSA) is 108 Å². The first-order valence-corrected chi connectivity index (χ1v) is 19.4. The van der Waals surface area contributed by atoms with Gasteiger partial charge in [0, 0.05) is 29.9 Å². The van der Waals surface area contributed by atoms with E-state index in [2.05, 4.69) is 15.3 Å². The van der Waals surface area contributed by atoms with Gasteiger partial charge in [0.2, 0.25) is 5.95 Å². The van der Waals surface area contributed by atoms with Crippen LogP contribution in [0.5, 0.6) is 5.75 Å². The normalized spacial score (nSPS) is 34.1. The van der Waals surface area contributed by atoms with E-state index in [0.717, 1.165) is 76.0 Å². The summed E-state index contributed by atoms with van der Waals surface area (Å²) in [5, 5.41) is 13.1.